The molecule has 1 N–H and O–H groups in total. The highest BCUT2D eigenvalue weighted by Crippen LogP contribution is 2.16. The molecule has 4 nitrogen and oxygen atoms in total. The Bertz CT molecular complexity index is 559. The number of fused-ring (bicyclic) bond motifs is 1. The van der Waals surface area contributed by atoms with Crippen LogP contribution in [-0.4, -0.2) is 17.4 Å². The highest BCUT2D eigenvalue weighted by molar-refractivity contribution is 5.76. The van der Waals surface area contributed by atoms with Gasteiger partial charge in [-0.3, -0.25) is 4.79 Å². The van der Waals surface area contributed by atoms with E-state index >= 15 is 0 Å². The fourth-order valence-electron chi connectivity index (χ4n) is 2.54. The number of carbonyl (C=O) groups excluding carboxylic acids is 1. The third kappa shape index (κ3) is 4.86. The van der Waals surface area contributed by atoms with Crippen LogP contribution in [0.2, 0.25) is 0 Å². The molecular formula is C18H26N2O2. The average molecular weight is 302 g/mol. The van der Waals surface area contributed by atoms with E-state index in [1.54, 1.807) is 0 Å². The summed E-state index contributed by atoms with van der Waals surface area (Å²) in [6.07, 6.45) is 5.73. The number of benzene rings is 1. The molecule has 1 aromatic heterocycles. The van der Waals surface area contributed by atoms with Crippen molar-refractivity contribution in [3.05, 3.63) is 30.2 Å². The second-order valence-electron chi connectivity index (χ2n) is 5.80. The average Bonchev–Trinajstić information content (AvgIpc) is 2.96. The second-order valence-corrected chi connectivity index (χ2v) is 5.80. The maximum atomic E-state index is 11.9. The lowest BCUT2D eigenvalue weighted by Gasteiger charge is -2.15. The molecule has 0 saturated carbocycles. The Hall–Kier alpha value is -1.84. The van der Waals surface area contributed by atoms with Crippen molar-refractivity contribution < 1.29 is 9.21 Å². The third-order valence-electron chi connectivity index (χ3n) is 4.04. The van der Waals surface area contributed by atoms with Crippen LogP contribution in [0.3, 0.4) is 0 Å². The van der Waals surface area contributed by atoms with Crippen LogP contribution in [-0.2, 0) is 11.2 Å². The van der Waals surface area contributed by atoms with E-state index in [1.807, 2.05) is 24.3 Å². The standard InChI is InChI=1S/C18H26N2O2/c1-3-5-8-14(4-2)13-19-17(21)11-12-18-20-15-9-6-7-10-16(15)22-18/h6-7,9-10,14H,3-5,8,11-13H2,1-2H3,(H,19,21). The van der Waals surface area contributed by atoms with Crippen molar-refractivity contribution >= 4 is 17.0 Å². The zero-order valence-electron chi connectivity index (χ0n) is 13.6. The molecule has 0 fully saturated rings. The first-order valence-corrected chi connectivity index (χ1v) is 8.34. The van der Waals surface area contributed by atoms with Crippen molar-refractivity contribution in [1.29, 1.82) is 0 Å². The lowest BCUT2D eigenvalue weighted by atomic mass is 9.99. The molecule has 2 rings (SSSR count). The molecule has 4 heteroatoms. The molecule has 1 unspecified atom stereocenters. The van der Waals surface area contributed by atoms with E-state index < -0.39 is 0 Å². The van der Waals surface area contributed by atoms with Gasteiger partial charge in [-0.1, -0.05) is 45.2 Å². The van der Waals surface area contributed by atoms with E-state index in [9.17, 15) is 4.79 Å². The largest absolute Gasteiger partial charge is 0.441 e. The van der Waals surface area contributed by atoms with Gasteiger partial charge in [0.05, 0.1) is 0 Å². The Morgan fingerprint density at radius 1 is 1.32 bits per heavy atom. The monoisotopic (exact) mass is 302 g/mol. The Balaban J connectivity index is 1.75. The molecule has 0 aliphatic rings. The maximum absolute atomic E-state index is 11.9. The van der Waals surface area contributed by atoms with E-state index in [2.05, 4.69) is 24.1 Å². The van der Waals surface area contributed by atoms with Gasteiger partial charge in [-0.2, -0.15) is 0 Å². The number of oxazole rings is 1. The minimum Gasteiger partial charge on any atom is -0.441 e. The van der Waals surface area contributed by atoms with Gasteiger partial charge < -0.3 is 9.73 Å². The normalized spacial score (nSPS) is 12.5. The number of nitrogens with one attached hydrogen (secondary N) is 1. The van der Waals surface area contributed by atoms with Gasteiger partial charge in [0.1, 0.15) is 5.52 Å². The summed E-state index contributed by atoms with van der Waals surface area (Å²) in [5.74, 6) is 1.31. The summed E-state index contributed by atoms with van der Waals surface area (Å²) in [7, 11) is 0. The first-order chi connectivity index (χ1) is 10.7. The molecule has 2 aromatic rings. The molecule has 0 spiro atoms. The number of para-hydroxylation sites is 2. The molecule has 0 aliphatic carbocycles. The van der Waals surface area contributed by atoms with Gasteiger partial charge in [-0.25, -0.2) is 4.98 Å². The topological polar surface area (TPSA) is 55.1 Å². The molecule has 1 atom stereocenters. The van der Waals surface area contributed by atoms with Crippen molar-refractivity contribution in [1.82, 2.24) is 10.3 Å². The predicted octanol–water partition coefficient (Wildman–Crippen LogP) is 4.09. The lowest BCUT2D eigenvalue weighted by Crippen LogP contribution is -2.29. The van der Waals surface area contributed by atoms with Gasteiger partial charge in [-0.05, 0) is 24.5 Å². The quantitative estimate of drug-likeness (QED) is 0.759. The van der Waals surface area contributed by atoms with Crippen molar-refractivity contribution in [3.63, 3.8) is 0 Å². The van der Waals surface area contributed by atoms with E-state index in [0.717, 1.165) is 24.1 Å². The molecular weight excluding hydrogens is 276 g/mol. The number of unbranched alkanes of at least 4 members (excludes halogenated alkanes) is 1. The Morgan fingerprint density at radius 2 is 2.14 bits per heavy atom. The van der Waals surface area contributed by atoms with Crippen molar-refractivity contribution in [2.24, 2.45) is 5.92 Å². The number of carbonyl (C=O) groups is 1. The Labute approximate surface area is 132 Å². The highest BCUT2D eigenvalue weighted by atomic mass is 16.3. The summed E-state index contributed by atoms with van der Waals surface area (Å²) >= 11 is 0. The van der Waals surface area contributed by atoms with Crippen LogP contribution in [0.15, 0.2) is 28.7 Å². The number of rotatable bonds is 9. The van der Waals surface area contributed by atoms with Gasteiger partial charge in [0.2, 0.25) is 5.91 Å². The minimum absolute atomic E-state index is 0.0807. The summed E-state index contributed by atoms with van der Waals surface area (Å²) in [6.45, 7) is 5.17. The third-order valence-corrected chi connectivity index (χ3v) is 4.04. The second kappa shape index (κ2) is 8.57. The van der Waals surface area contributed by atoms with Crippen LogP contribution >= 0.6 is 0 Å². The van der Waals surface area contributed by atoms with Crippen LogP contribution in [0, 0.1) is 5.92 Å². The molecule has 0 saturated heterocycles. The van der Waals surface area contributed by atoms with Crippen molar-refractivity contribution in [2.75, 3.05) is 6.54 Å². The molecule has 1 aromatic carbocycles. The summed E-state index contributed by atoms with van der Waals surface area (Å²) < 4.78 is 5.63. The van der Waals surface area contributed by atoms with Crippen LogP contribution in [0.25, 0.3) is 11.1 Å². The summed E-state index contributed by atoms with van der Waals surface area (Å²) in [5.41, 5.74) is 1.63. The Kier molecular flexibility index (Phi) is 6.44. The Morgan fingerprint density at radius 3 is 2.86 bits per heavy atom. The van der Waals surface area contributed by atoms with E-state index in [0.29, 0.717) is 24.7 Å². The zero-order valence-corrected chi connectivity index (χ0v) is 13.6. The van der Waals surface area contributed by atoms with Gasteiger partial charge in [0.15, 0.2) is 11.5 Å². The van der Waals surface area contributed by atoms with Crippen LogP contribution in [0.1, 0.15) is 51.8 Å². The van der Waals surface area contributed by atoms with Gasteiger partial charge in [0.25, 0.3) is 0 Å². The van der Waals surface area contributed by atoms with E-state index in [-0.39, 0.29) is 5.91 Å². The minimum atomic E-state index is 0.0807. The summed E-state index contributed by atoms with van der Waals surface area (Å²) in [4.78, 5) is 16.3. The fourth-order valence-corrected chi connectivity index (χ4v) is 2.54. The smallest absolute Gasteiger partial charge is 0.220 e. The number of aromatic nitrogens is 1. The van der Waals surface area contributed by atoms with E-state index in [1.165, 1.54) is 19.3 Å². The summed E-state index contributed by atoms with van der Waals surface area (Å²) in [5, 5.41) is 3.04. The first-order valence-electron chi connectivity index (χ1n) is 8.34. The molecule has 1 heterocycles. The van der Waals surface area contributed by atoms with Crippen LogP contribution in [0.5, 0.6) is 0 Å². The number of hydrogen-bond donors (Lipinski definition) is 1. The van der Waals surface area contributed by atoms with Gasteiger partial charge >= 0.3 is 0 Å². The van der Waals surface area contributed by atoms with E-state index in [4.69, 9.17) is 4.42 Å². The SMILES string of the molecule is CCCCC(CC)CNC(=O)CCc1nc2ccccc2o1. The first kappa shape index (κ1) is 16.5. The maximum Gasteiger partial charge on any atom is 0.220 e. The number of amides is 1. The number of nitrogens with zero attached hydrogens (tertiary/aromatic N) is 1. The fraction of sp³-hybridized carbons (Fsp3) is 0.556. The van der Waals surface area contributed by atoms with Gasteiger partial charge in [0, 0.05) is 19.4 Å². The number of aryl methyl sites for hydroxylation is 1. The van der Waals surface area contributed by atoms with Gasteiger partial charge in [-0.15, -0.1) is 0 Å². The molecule has 0 aliphatic heterocycles. The molecule has 1 amide bonds. The molecule has 22 heavy (non-hydrogen) atoms. The van der Waals surface area contributed by atoms with Crippen molar-refractivity contribution in [3.8, 4) is 0 Å². The molecule has 0 radical (unpaired) electrons. The lowest BCUT2D eigenvalue weighted by molar-refractivity contribution is -0.121. The zero-order chi connectivity index (χ0) is 15.8. The van der Waals surface area contributed by atoms with Crippen LogP contribution in [0.4, 0.5) is 0 Å². The predicted molar refractivity (Wildman–Crippen MR) is 88.6 cm³/mol. The highest BCUT2D eigenvalue weighted by Gasteiger charge is 2.10. The summed E-state index contributed by atoms with van der Waals surface area (Å²) in [6, 6.07) is 7.67. The molecule has 120 valence electrons. The van der Waals surface area contributed by atoms with Crippen molar-refractivity contribution in [2.45, 2.75) is 52.4 Å². The molecule has 0 bridgehead atoms. The number of hydrogen-bond acceptors (Lipinski definition) is 3. The van der Waals surface area contributed by atoms with Crippen LogP contribution < -0.4 is 5.32 Å².